The van der Waals surface area contributed by atoms with E-state index in [1.165, 1.54) is 6.92 Å². The molecule has 1 aromatic heterocycles. The van der Waals surface area contributed by atoms with Crippen molar-refractivity contribution < 1.29 is 14.6 Å². The van der Waals surface area contributed by atoms with Gasteiger partial charge in [0.05, 0.1) is 6.61 Å². The molecule has 0 aliphatic rings. The first-order chi connectivity index (χ1) is 7.95. The number of esters is 1. The van der Waals surface area contributed by atoms with Gasteiger partial charge in [-0.05, 0) is 13.8 Å². The van der Waals surface area contributed by atoms with Crippen molar-refractivity contribution in [1.29, 1.82) is 0 Å². The maximum atomic E-state index is 11.5. The molecule has 0 radical (unpaired) electrons. The molecule has 0 fully saturated rings. The number of rotatable bonds is 3. The maximum absolute atomic E-state index is 11.5. The number of carbonyl (C=O) groups is 1. The Balaban J connectivity index is 3.35. The summed E-state index contributed by atoms with van der Waals surface area (Å²) in [6, 6.07) is 0. The quantitative estimate of drug-likeness (QED) is 0.365. The zero-order valence-electron chi connectivity index (χ0n) is 9.23. The molecular formula is C9H11N3O5. The van der Waals surface area contributed by atoms with E-state index in [9.17, 15) is 19.5 Å². The lowest BCUT2D eigenvalue weighted by Gasteiger charge is -2.06. The van der Waals surface area contributed by atoms with Gasteiger partial charge in [-0.3, -0.25) is 9.97 Å². The molecule has 92 valence electrons. The van der Waals surface area contributed by atoms with Crippen LogP contribution in [0.5, 0.6) is 0 Å². The van der Waals surface area contributed by atoms with E-state index < -0.39 is 23.1 Å². The highest BCUT2D eigenvalue weighted by atomic mass is 16.5. The number of aromatic amines is 2. The number of allylic oxidation sites excluding steroid dienone is 1. The van der Waals surface area contributed by atoms with E-state index in [4.69, 9.17) is 0 Å². The van der Waals surface area contributed by atoms with E-state index >= 15 is 0 Å². The molecule has 0 aliphatic heterocycles. The Morgan fingerprint density at radius 2 is 2.06 bits per heavy atom. The van der Waals surface area contributed by atoms with E-state index in [0.717, 1.165) is 0 Å². The SMILES string of the molecule is CCOC(=O)/C(=C(/C)O)c1nc(=O)[nH]c(=O)[nH]1. The van der Waals surface area contributed by atoms with Crippen LogP contribution in [-0.2, 0) is 9.53 Å². The standard InChI is InChI=1S/C9H11N3O5/c1-3-17-7(14)5(4(2)13)6-10-8(15)12-9(16)11-6/h13H,3H2,1-2H3,(H2,10,11,12,15,16)/b5-4-. The van der Waals surface area contributed by atoms with Crippen LogP contribution in [0.4, 0.5) is 0 Å². The summed E-state index contributed by atoms with van der Waals surface area (Å²) >= 11 is 0. The zero-order valence-corrected chi connectivity index (χ0v) is 9.23. The summed E-state index contributed by atoms with van der Waals surface area (Å²) in [4.78, 5) is 40.8. The first kappa shape index (κ1) is 12.7. The Labute approximate surface area is 95.0 Å². The van der Waals surface area contributed by atoms with E-state index in [2.05, 4.69) is 14.7 Å². The summed E-state index contributed by atoms with van der Waals surface area (Å²) in [5, 5.41) is 9.35. The van der Waals surface area contributed by atoms with Gasteiger partial charge in [-0.15, -0.1) is 0 Å². The third-order valence-electron chi connectivity index (χ3n) is 1.74. The van der Waals surface area contributed by atoms with Crippen molar-refractivity contribution in [3.63, 3.8) is 0 Å². The van der Waals surface area contributed by atoms with Crippen LogP contribution in [0.3, 0.4) is 0 Å². The van der Waals surface area contributed by atoms with Gasteiger partial charge in [0.2, 0.25) is 0 Å². The molecule has 1 aromatic rings. The number of nitrogens with zero attached hydrogens (tertiary/aromatic N) is 1. The molecule has 0 saturated heterocycles. The maximum Gasteiger partial charge on any atom is 0.351 e. The highest BCUT2D eigenvalue weighted by Crippen LogP contribution is 2.13. The van der Waals surface area contributed by atoms with E-state index in [1.54, 1.807) is 6.92 Å². The molecule has 0 spiro atoms. The van der Waals surface area contributed by atoms with Crippen LogP contribution in [0.25, 0.3) is 5.57 Å². The first-order valence-corrected chi connectivity index (χ1v) is 4.73. The number of nitrogens with one attached hydrogen (secondary N) is 2. The minimum atomic E-state index is -0.924. The minimum absolute atomic E-state index is 0.0863. The van der Waals surface area contributed by atoms with Crippen LogP contribution in [0.1, 0.15) is 19.7 Å². The van der Waals surface area contributed by atoms with Crippen LogP contribution in [0.15, 0.2) is 15.3 Å². The molecule has 3 N–H and O–H groups in total. The monoisotopic (exact) mass is 241 g/mol. The number of hydrogen-bond donors (Lipinski definition) is 3. The Hall–Kier alpha value is -2.38. The van der Waals surface area contributed by atoms with Gasteiger partial charge in [-0.1, -0.05) is 0 Å². The summed E-state index contributed by atoms with van der Waals surface area (Å²) in [7, 11) is 0. The number of H-pyrrole nitrogens is 2. The summed E-state index contributed by atoms with van der Waals surface area (Å²) in [6.07, 6.45) is 0. The average Bonchev–Trinajstić information content (AvgIpc) is 2.15. The smallest absolute Gasteiger partial charge is 0.351 e. The van der Waals surface area contributed by atoms with Crippen LogP contribution in [0.2, 0.25) is 0 Å². The Morgan fingerprint density at radius 1 is 1.41 bits per heavy atom. The van der Waals surface area contributed by atoms with Crippen molar-refractivity contribution in [1.82, 2.24) is 15.0 Å². The predicted octanol–water partition coefficient (Wildman–Crippen LogP) is -0.690. The van der Waals surface area contributed by atoms with Crippen molar-refractivity contribution in [2.75, 3.05) is 6.61 Å². The number of ether oxygens (including phenoxy) is 1. The van der Waals surface area contributed by atoms with Crippen LogP contribution < -0.4 is 11.4 Å². The fourth-order valence-corrected chi connectivity index (χ4v) is 1.13. The molecule has 0 saturated carbocycles. The van der Waals surface area contributed by atoms with Crippen molar-refractivity contribution in [3.05, 3.63) is 32.6 Å². The zero-order chi connectivity index (χ0) is 13.0. The lowest BCUT2D eigenvalue weighted by molar-refractivity contribution is -0.136. The van der Waals surface area contributed by atoms with Gasteiger partial charge < -0.3 is 9.84 Å². The molecule has 17 heavy (non-hydrogen) atoms. The summed E-state index contributed by atoms with van der Waals surface area (Å²) < 4.78 is 4.67. The molecule has 8 nitrogen and oxygen atoms in total. The minimum Gasteiger partial charge on any atom is -0.512 e. The van der Waals surface area contributed by atoms with E-state index in [0.29, 0.717) is 0 Å². The van der Waals surface area contributed by atoms with Gasteiger partial charge in [0.25, 0.3) is 0 Å². The predicted molar refractivity (Wildman–Crippen MR) is 57.3 cm³/mol. The normalized spacial score (nSPS) is 11.9. The Bertz CT molecular complexity index is 536. The van der Waals surface area contributed by atoms with Gasteiger partial charge in [-0.25, -0.2) is 14.4 Å². The molecule has 0 aliphatic carbocycles. The molecule has 0 amide bonds. The molecular weight excluding hydrogens is 230 g/mol. The van der Waals surface area contributed by atoms with Gasteiger partial charge in [0.15, 0.2) is 5.82 Å². The van der Waals surface area contributed by atoms with Gasteiger partial charge in [-0.2, -0.15) is 4.98 Å². The fourth-order valence-electron chi connectivity index (χ4n) is 1.13. The third kappa shape index (κ3) is 3.03. The Morgan fingerprint density at radius 3 is 2.53 bits per heavy atom. The summed E-state index contributed by atoms with van der Waals surface area (Å²) in [5.41, 5.74) is -2.11. The number of hydrogen-bond acceptors (Lipinski definition) is 6. The molecule has 0 bridgehead atoms. The topological polar surface area (TPSA) is 125 Å². The van der Waals surface area contributed by atoms with Crippen LogP contribution in [0, 0.1) is 0 Å². The van der Waals surface area contributed by atoms with Gasteiger partial charge in [0, 0.05) is 0 Å². The summed E-state index contributed by atoms with van der Waals surface area (Å²) in [5.74, 6) is -1.62. The van der Waals surface area contributed by atoms with Crippen molar-refractivity contribution in [2.24, 2.45) is 0 Å². The number of aliphatic hydroxyl groups excluding tert-OH is 1. The van der Waals surface area contributed by atoms with Crippen molar-refractivity contribution >= 4 is 11.5 Å². The molecule has 0 unspecified atom stereocenters. The lowest BCUT2D eigenvalue weighted by Crippen LogP contribution is -2.28. The second-order valence-corrected chi connectivity index (χ2v) is 3.03. The van der Waals surface area contributed by atoms with Crippen molar-refractivity contribution in [3.8, 4) is 0 Å². The number of aliphatic hydroxyl groups is 1. The highest BCUT2D eigenvalue weighted by molar-refractivity contribution is 6.15. The first-order valence-electron chi connectivity index (χ1n) is 4.73. The second kappa shape index (κ2) is 5.10. The molecule has 8 heteroatoms. The number of carbonyl (C=O) groups excluding carboxylic acids is 1. The molecule has 1 rings (SSSR count). The largest absolute Gasteiger partial charge is 0.512 e. The van der Waals surface area contributed by atoms with Crippen LogP contribution >= 0.6 is 0 Å². The van der Waals surface area contributed by atoms with Crippen molar-refractivity contribution in [2.45, 2.75) is 13.8 Å². The van der Waals surface area contributed by atoms with Gasteiger partial charge in [0.1, 0.15) is 11.3 Å². The fraction of sp³-hybridized carbons (Fsp3) is 0.333. The third-order valence-corrected chi connectivity index (χ3v) is 1.74. The van der Waals surface area contributed by atoms with E-state index in [-0.39, 0.29) is 18.0 Å². The number of aromatic nitrogens is 3. The Kier molecular flexibility index (Phi) is 3.81. The molecule has 0 aromatic carbocycles. The van der Waals surface area contributed by atoms with Crippen LogP contribution in [-0.4, -0.2) is 32.6 Å². The van der Waals surface area contributed by atoms with E-state index in [1.807, 2.05) is 4.98 Å². The second-order valence-electron chi connectivity index (χ2n) is 3.03. The molecule has 0 atom stereocenters. The van der Waals surface area contributed by atoms with Gasteiger partial charge >= 0.3 is 17.3 Å². The highest BCUT2D eigenvalue weighted by Gasteiger charge is 2.19. The lowest BCUT2D eigenvalue weighted by atomic mass is 10.2. The molecule has 1 heterocycles. The average molecular weight is 241 g/mol. The summed E-state index contributed by atoms with van der Waals surface area (Å²) in [6.45, 7) is 2.88.